The molecule has 1 N–H and O–H groups in total. The lowest BCUT2D eigenvalue weighted by atomic mass is 9.95. The lowest BCUT2D eigenvalue weighted by molar-refractivity contribution is -0.140. The third-order valence-corrected chi connectivity index (χ3v) is 8.28. The fourth-order valence-electron chi connectivity index (χ4n) is 4.77. The van der Waals surface area contributed by atoms with Crippen LogP contribution in [0.5, 0.6) is 0 Å². The van der Waals surface area contributed by atoms with Gasteiger partial charge in [0.2, 0.25) is 21.8 Å². The minimum absolute atomic E-state index is 0.127. The normalized spacial score (nSPS) is 15.1. The van der Waals surface area contributed by atoms with Crippen LogP contribution in [0.2, 0.25) is 5.02 Å². The summed E-state index contributed by atoms with van der Waals surface area (Å²) in [6.07, 6.45) is 7.58. The molecule has 1 atom stereocenters. The summed E-state index contributed by atoms with van der Waals surface area (Å²) in [4.78, 5) is 28.1. The first-order valence-electron chi connectivity index (χ1n) is 13.0. The monoisotopic (exact) mass is 547 g/mol. The molecule has 0 unspecified atom stereocenters. The van der Waals surface area contributed by atoms with Gasteiger partial charge in [-0.05, 0) is 56.4 Å². The van der Waals surface area contributed by atoms with Gasteiger partial charge in [-0.2, -0.15) is 0 Å². The van der Waals surface area contributed by atoms with Crippen molar-refractivity contribution in [3.8, 4) is 0 Å². The molecular formula is C28H38ClN3O4S. The van der Waals surface area contributed by atoms with Crippen molar-refractivity contribution in [2.24, 2.45) is 0 Å². The van der Waals surface area contributed by atoms with Crippen LogP contribution in [0.3, 0.4) is 0 Å². The molecule has 9 heteroatoms. The number of hydrogen-bond acceptors (Lipinski definition) is 4. The van der Waals surface area contributed by atoms with Crippen LogP contribution in [-0.4, -0.2) is 56.6 Å². The Morgan fingerprint density at radius 2 is 1.73 bits per heavy atom. The first-order valence-corrected chi connectivity index (χ1v) is 15.2. The van der Waals surface area contributed by atoms with Crippen LogP contribution in [-0.2, 0) is 26.0 Å². The molecule has 0 bridgehead atoms. The van der Waals surface area contributed by atoms with Crippen LogP contribution in [0.15, 0.2) is 54.6 Å². The summed E-state index contributed by atoms with van der Waals surface area (Å²) in [5.41, 5.74) is 1.55. The molecule has 1 aliphatic rings. The maximum absolute atomic E-state index is 13.4. The third kappa shape index (κ3) is 9.04. The summed E-state index contributed by atoms with van der Waals surface area (Å²) in [7, 11) is -3.56. The maximum atomic E-state index is 13.4. The van der Waals surface area contributed by atoms with Crippen molar-refractivity contribution in [1.29, 1.82) is 0 Å². The van der Waals surface area contributed by atoms with Gasteiger partial charge in [0.15, 0.2) is 0 Å². The van der Waals surface area contributed by atoms with E-state index in [1.54, 1.807) is 36.1 Å². The highest BCUT2D eigenvalue weighted by atomic mass is 35.5. The van der Waals surface area contributed by atoms with E-state index in [0.29, 0.717) is 30.1 Å². The number of hydrogen-bond donors (Lipinski definition) is 1. The second kappa shape index (κ2) is 13.8. The molecule has 2 amide bonds. The highest BCUT2D eigenvalue weighted by Crippen LogP contribution is 2.23. The van der Waals surface area contributed by atoms with Crippen LogP contribution in [0.25, 0.3) is 0 Å². The molecule has 1 fully saturated rings. The van der Waals surface area contributed by atoms with E-state index in [0.717, 1.165) is 37.5 Å². The van der Waals surface area contributed by atoms with Gasteiger partial charge in [0.1, 0.15) is 6.04 Å². The number of nitrogens with zero attached hydrogens (tertiary/aromatic N) is 2. The highest BCUT2D eigenvalue weighted by molar-refractivity contribution is 7.92. The first-order chi connectivity index (χ1) is 17.6. The lowest BCUT2D eigenvalue weighted by Crippen LogP contribution is -2.51. The number of rotatable bonds is 12. The Morgan fingerprint density at radius 3 is 2.38 bits per heavy atom. The molecule has 37 heavy (non-hydrogen) atoms. The number of benzene rings is 2. The molecule has 0 spiro atoms. The Morgan fingerprint density at radius 1 is 1.03 bits per heavy atom. The minimum Gasteiger partial charge on any atom is -0.352 e. The SMILES string of the molecule is C[C@@H](C(=O)NC1CCCCC1)N(CCc1ccccc1)C(=O)CCCN(c1cccc(Cl)c1)S(C)(=O)=O. The minimum atomic E-state index is -3.56. The smallest absolute Gasteiger partial charge is 0.242 e. The van der Waals surface area contributed by atoms with E-state index in [2.05, 4.69) is 5.32 Å². The number of halogens is 1. The molecule has 202 valence electrons. The molecule has 0 aromatic heterocycles. The molecule has 0 aliphatic heterocycles. The van der Waals surface area contributed by atoms with E-state index in [4.69, 9.17) is 11.6 Å². The molecule has 0 radical (unpaired) electrons. The Kier molecular flexibility index (Phi) is 10.8. The largest absolute Gasteiger partial charge is 0.352 e. The molecule has 1 saturated carbocycles. The zero-order valence-corrected chi connectivity index (χ0v) is 23.3. The summed E-state index contributed by atoms with van der Waals surface area (Å²) < 4.78 is 26.1. The van der Waals surface area contributed by atoms with Gasteiger partial charge in [-0.1, -0.05) is 67.3 Å². The second-order valence-electron chi connectivity index (χ2n) is 9.76. The van der Waals surface area contributed by atoms with Crippen LogP contribution in [0.4, 0.5) is 5.69 Å². The number of sulfonamides is 1. The van der Waals surface area contributed by atoms with Crippen molar-refractivity contribution >= 4 is 39.1 Å². The second-order valence-corrected chi connectivity index (χ2v) is 12.1. The molecule has 2 aromatic carbocycles. The average molecular weight is 548 g/mol. The van der Waals surface area contributed by atoms with E-state index in [1.165, 1.54) is 10.7 Å². The van der Waals surface area contributed by atoms with Crippen molar-refractivity contribution in [3.63, 3.8) is 0 Å². The van der Waals surface area contributed by atoms with Crippen molar-refractivity contribution in [2.45, 2.75) is 70.4 Å². The Hall–Kier alpha value is -2.58. The Labute approximate surface area is 226 Å². The molecule has 0 heterocycles. The summed E-state index contributed by atoms with van der Waals surface area (Å²) in [5, 5.41) is 3.58. The average Bonchev–Trinajstić information content (AvgIpc) is 2.87. The maximum Gasteiger partial charge on any atom is 0.242 e. The number of nitrogens with one attached hydrogen (secondary N) is 1. The van der Waals surface area contributed by atoms with Gasteiger partial charge < -0.3 is 10.2 Å². The van der Waals surface area contributed by atoms with E-state index in [-0.39, 0.29) is 30.8 Å². The van der Waals surface area contributed by atoms with Crippen molar-refractivity contribution in [2.75, 3.05) is 23.7 Å². The topological polar surface area (TPSA) is 86.8 Å². The van der Waals surface area contributed by atoms with Crippen molar-refractivity contribution in [3.05, 3.63) is 65.2 Å². The summed E-state index contributed by atoms with van der Waals surface area (Å²) in [5.74, 6) is -0.299. The van der Waals surface area contributed by atoms with E-state index in [1.807, 2.05) is 30.3 Å². The molecular weight excluding hydrogens is 510 g/mol. The molecule has 0 saturated heterocycles. The quantitative estimate of drug-likeness (QED) is 0.414. The van der Waals surface area contributed by atoms with Gasteiger partial charge in [0.05, 0.1) is 11.9 Å². The van der Waals surface area contributed by atoms with Crippen molar-refractivity contribution < 1.29 is 18.0 Å². The zero-order valence-electron chi connectivity index (χ0n) is 21.7. The zero-order chi connectivity index (χ0) is 26.8. The molecule has 7 nitrogen and oxygen atoms in total. The van der Waals surface area contributed by atoms with E-state index < -0.39 is 16.1 Å². The molecule has 1 aliphatic carbocycles. The van der Waals surface area contributed by atoms with Gasteiger partial charge in [-0.25, -0.2) is 8.42 Å². The summed E-state index contributed by atoms with van der Waals surface area (Å²) in [6.45, 7) is 2.32. The van der Waals surface area contributed by atoms with Gasteiger partial charge in [-0.3, -0.25) is 13.9 Å². The lowest BCUT2D eigenvalue weighted by Gasteiger charge is -2.31. The number of carbonyl (C=O) groups excluding carboxylic acids is 2. The molecule has 3 rings (SSSR count). The first kappa shape index (κ1) is 29.0. The third-order valence-electron chi connectivity index (χ3n) is 6.85. The predicted molar refractivity (Wildman–Crippen MR) is 149 cm³/mol. The van der Waals surface area contributed by atoms with Crippen LogP contribution in [0, 0.1) is 0 Å². The number of carbonyl (C=O) groups is 2. The summed E-state index contributed by atoms with van der Waals surface area (Å²) >= 11 is 6.06. The van der Waals surface area contributed by atoms with E-state index >= 15 is 0 Å². The summed E-state index contributed by atoms with van der Waals surface area (Å²) in [6, 6.07) is 16.1. The molecule has 2 aromatic rings. The van der Waals surface area contributed by atoms with Crippen LogP contribution >= 0.6 is 11.6 Å². The Bertz CT molecular complexity index is 1140. The predicted octanol–water partition coefficient (Wildman–Crippen LogP) is 4.79. The van der Waals surface area contributed by atoms with Crippen LogP contribution < -0.4 is 9.62 Å². The highest BCUT2D eigenvalue weighted by Gasteiger charge is 2.28. The standard InChI is InChI=1S/C28H38ClN3O4S/c1-22(28(34)30-25-14-7-4-8-15-25)31(20-18-23-11-5-3-6-12-23)27(33)17-10-19-32(37(2,35)36)26-16-9-13-24(29)21-26/h3,5-6,9,11-13,16,21-22,25H,4,7-8,10,14-15,17-20H2,1-2H3,(H,30,34)/t22-/m0/s1. The fourth-order valence-corrected chi connectivity index (χ4v) is 5.92. The van der Waals surface area contributed by atoms with Crippen molar-refractivity contribution in [1.82, 2.24) is 10.2 Å². The van der Waals surface area contributed by atoms with Gasteiger partial charge in [-0.15, -0.1) is 0 Å². The number of anilines is 1. The van der Waals surface area contributed by atoms with Gasteiger partial charge >= 0.3 is 0 Å². The van der Waals surface area contributed by atoms with E-state index in [9.17, 15) is 18.0 Å². The fraction of sp³-hybridized carbons (Fsp3) is 0.500. The van der Waals surface area contributed by atoms with Gasteiger partial charge in [0.25, 0.3) is 0 Å². The van der Waals surface area contributed by atoms with Crippen LogP contribution in [0.1, 0.15) is 57.4 Å². The van der Waals surface area contributed by atoms with Gasteiger partial charge in [0, 0.05) is 30.6 Å². The number of amides is 2. The Balaban J connectivity index is 1.67.